The van der Waals surface area contributed by atoms with Crippen LogP contribution in [0.15, 0.2) is 41.5 Å². The number of fused-ring (bicyclic) bond motifs is 2. The van der Waals surface area contributed by atoms with Crippen molar-refractivity contribution >= 4 is 22.9 Å². The van der Waals surface area contributed by atoms with Crippen molar-refractivity contribution in [3.63, 3.8) is 0 Å². The van der Waals surface area contributed by atoms with Gasteiger partial charge in [-0.1, -0.05) is 50.1 Å². The summed E-state index contributed by atoms with van der Waals surface area (Å²) in [4.78, 5) is 12.6. The number of nitrogens with one attached hydrogen (secondary N) is 1. The highest BCUT2D eigenvalue weighted by Gasteiger charge is 2.64. The van der Waals surface area contributed by atoms with Crippen LogP contribution in [0.3, 0.4) is 0 Å². The topological polar surface area (TPSA) is 50.7 Å². The zero-order valence-corrected chi connectivity index (χ0v) is 16.4. The molecule has 27 heavy (non-hydrogen) atoms. The summed E-state index contributed by atoms with van der Waals surface area (Å²) >= 11 is 0. The van der Waals surface area contributed by atoms with Crippen LogP contribution < -0.4 is 10.2 Å². The Morgan fingerprint density at radius 2 is 2.07 bits per heavy atom. The Hall–Kier alpha value is -2.36. The van der Waals surface area contributed by atoms with Gasteiger partial charge in [0.15, 0.2) is 0 Å². The fraction of sp³-hybridized carbons (Fsp3) is 0.478. The second-order valence-electron chi connectivity index (χ2n) is 8.44. The van der Waals surface area contributed by atoms with E-state index in [2.05, 4.69) is 35.7 Å². The maximum atomic E-state index is 12.6. The van der Waals surface area contributed by atoms with Crippen LogP contribution >= 0.6 is 0 Å². The molecule has 0 heterocycles. The van der Waals surface area contributed by atoms with Gasteiger partial charge in [-0.05, 0) is 54.9 Å². The third-order valence-corrected chi connectivity index (χ3v) is 6.28. The number of carbonyl (C=O) groups is 1. The molecule has 142 valence electrons. The first-order chi connectivity index (χ1) is 13.0. The highest BCUT2D eigenvalue weighted by molar-refractivity contribution is 6.02. The van der Waals surface area contributed by atoms with Crippen molar-refractivity contribution in [3.8, 4) is 5.75 Å². The Morgan fingerprint density at radius 3 is 2.81 bits per heavy atom. The standard InChI is InChI=1S/C23H28N2O2/c1-15(2)27-20-12-11-16-8-4-5-9-17(16)18(20)14-24-25-22(26)21-19-10-6-7-13-23(19,21)3/h4-5,8-9,11-12,14-15,19,21H,6-7,10,13H2,1-3H3,(H,25,26)/b24-14-/t19-,21+,23-/m1/s1. The fourth-order valence-corrected chi connectivity index (χ4v) is 4.85. The Bertz CT molecular complexity index is 889. The molecule has 2 saturated carbocycles. The molecule has 0 aliphatic heterocycles. The number of hydrogen-bond acceptors (Lipinski definition) is 3. The van der Waals surface area contributed by atoms with E-state index in [1.807, 2.05) is 32.0 Å². The number of hydrogen-bond donors (Lipinski definition) is 1. The lowest BCUT2D eigenvalue weighted by Gasteiger charge is -2.15. The molecular weight excluding hydrogens is 336 g/mol. The molecule has 3 atom stereocenters. The summed E-state index contributed by atoms with van der Waals surface area (Å²) in [6.07, 6.45) is 6.63. The molecule has 0 radical (unpaired) electrons. The van der Waals surface area contributed by atoms with Crippen molar-refractivity contribution in [2.45, 2.75) is 52.6 Å². The predicted molar refractivity (Wildman–Crippen MR) is 109 cm³/mol. The predicted octanol–water partition coefficient (Wildman–Crippen LogP) is 4.90. The molecule has 2 aliphatic rings. The third-order valence-electron chi connectivity index (χ3n) is 6.28. The van der Waals surface area contributed by atoms with Gasteiger partial charge in [0.1, 0.15) is 5.75 Å². The minimum Gasteiger partial charge on any atom is -0.490 e. The largest absolute Gasteiger partial charge is 0.490 e. The average Bonchev–Trinajstić information content (AvgIpc) is 3.28. The van der Waals surface area contributed by atoms with Crippen LogP contribution in [0.5, 0.6) is 5.75 Å². The lowest BCUT2D eigenvalue weighted by atomic mass is 9.90. The van der Waals surface area contributed by atoms with Crippen molar-refractivity contribution < 1.29 is 9.53 Å². The van der Waals surface area contributed by atoms with Gasteiger partial charge in [0.25, 0.3) is 0 Å². The lowest BCUT2D eigenvalue weighted by Crippen LogP contribution is -2.22. The van der Waals surface area contributed by atoms with Gasteiger partial charge in [-0.25, -0.2) is 5.43 Å². The third kappa shape index (κ3) is 3.33. The molecule has 2 aliphatic carbocycles. The molecule has 0 aromatic heterocycles. The fourth-order valence-electron chi connectivity index (χ4n) is 4.85. The van der Waals surface area contributed by atoms with Crippen molar-refractivity contribution in [1.82, 2.24) is 5.43 Å². The van der Waals surface area contributed by atoms with E-state index >= 15 is 0 Å². The van der Waals surface area contributed by atoms with E-state index in [9.17, 15) is 4.79 Å². The molecule has 4 rings (SSSR count). The van der Waals surface area contributed by atoms with E-state index in [-0.39, 0.29) is 23.3 Å². The zero-order valence-electron chi connectivity index (χ0n) is 16.4. The summed E-state index contributed by atoms with van der Waals surface area (Å²) in [6.45, 7) is 6.27. The second-order valence-corrected chi connectivity index (χ2v) is 8.44. The van der Waals surface area contributed by atoms with E-state index in [1.54, 1.807) is 6.21 Å². The summed E-state index contributed by atoms with van der Waals surface area (Å²) in [7, 11) is 0. The Balaban J connectivity index is 1.54. The SMILES string of the molecule is CC(C)Oc1ccc2ccccc2c1/C=N\NC(=O)[C@@H]1[C@H]2CCCC[C@]21C. The van der Waals surface area contributed by atoms with Gasteiger partial charge in [-0.2, -0.15) is 5.10 Å². The smallest absolute Gasteiger partial charge is 0.244 e. The molecule has 1 amide bonds. The van der Waals surface area contributed by atoms with Crippen molar-refractivity contribution in [3.05, 3.63) is 42.0 Å². The number of hydrazone groups is 1. The van der Waals surface area contributed by atoms with E-state index in [4.69, 9.17) is 4.74 Å². The molecular formula is C23H28N2O2. The number of amides is 1. The first kappa shape index (κ1) is 18.0. The summed E-state index contributed by atoms with van der Waals surface area (Å²) in [5, 5.41) is 6.50. The normalized spacial score (nSPS) is 27.0. The Morgan fingerprint density at radius 1 is 1.26 bits per heavy atom. The second kappa shape index (κ2) is 6.99. The maximum absolute atomic E-state index is 12.6. The van der Waals surface area contributed by atoms with Crippen molar-refractivity contribution in [2.24, 2.45) is 22.4 Å². The number of nitrogens with zero attached hydrogens (tertiary/aromatic N) is 1. The highest BCUT2D eigenvalue weighted by Crippen LogP contribution is 2.66. The molecule has 0 saturated heterocycles. The van der Waals surface area contributed by atoms with Crippen LogP contribution in [-0.2, 0) is 4.79 Å². The zero-order chi connectivity index (χ0) is 19.0. The summed E-state index contributed by atoms with van der Waals surface area (Å²) < 4.78 is 5.96. The molecule has 0 bridgehead atoms. The maximum Gasteiger partial charge on any atom is 0.244 e. The van der Waals surface area contributed by atoms with Gasteiger partial charge in [-0.3, -0.25) is 4.79 Å². The summed E-state index contributed by atoms with van der Waals surface area (Å²) in [6, 6.07) is 12.2. The number of rotatable bonds is 5. The number of ether oxygens (including phenoxy) is 1. The first-order valence-electron chi connectivity index (χ1n) is 10.0. The van der Waals surface area contributed by atoms with E-state index in [0.29, 0.717) is 5.92 Å². The molecule has 4 nitrogen and oxygen atoms in total. The Kier molecular flexibility index (Phi) is 4.67. The molecule has 2 fully saturated rings. The van der Waals surface area contributed by atoms with Gasteiger partial charge in [0.2, 0.25) is 5.91 Å². The minimum absolute atomic E-state index is 0.0622. The van der Waals surface area contributed by atoms with Crippen LogP contribution in [0.4, 0.5) is 0 Å². The molecule has 0 spiro atoms. The van der Waals surface area contributed by atoms with Gasteiger partial charge in [0.05, 0.1) is 12.3 Å². The summed E-state index contributed by atoms with van der Waals surface area (Å²) in [5.74, 6) is 1.51. The van der Waals surface area contributed by atoms with Crippen LogP contribution in [0.1, 0.15) is 52.0 Å². The van der Waals surface area contributed by atoms with Gasteiger partial charge >= 0.3 is 0 Å². The summed E-state index contributed by atoms with van der Waals surface area (Å²) in [5.41, 5.74) is 3.90. The van der Waals surface area contributed by atoms with Gasteiger partial charge in [-0.15, -0.1) is 0 Å². The number of benzene rings is 2. The monoisotopic (exact) mass is 364 g/mol. The van der Waals surface area contributed by atoms with Crippen LogP contribution in [0.2, 0.25) is 0 Å². The molecule has 2 aromatic rings. The van der Waals surface area contributed by atoms with Crippen LogP contribution in [0, 0.1) is 17.3 Å². The molecule has 0 unspecified atom stereocenters. The van der Waals surface area contributed by atoms with Crippen molar-refractivity contribution in [1.29, 1.82) is 0 Å². The number of carbonyl (C=O) groups excluding carboxylic acids is 1. The first-order valence-corrected chi connectivity index (χ1v) is 10.0. The average molecular weight is 364 g/mol. The van der Waals surface area contributed by atoms with E-state index in [0.717, 1.165) is 28.5 Å². The Labute approximate surface area is 161 Å². The minimum atomic E-state index is 0.0622. The molecule has 4 heteroatoms. The van der Waals surface area contributed by atoms with Crippen LogP contribution in [0.25, 0.3) is 10.8 Å². The van der Waals surface area contributed by atoms with E-state index in [1.165, 1.54) is 19.3 Å². The lowest BCUT2D eigenvalue weighted by molar-refractivity contribution is -0.123. The van der Waals surface area contributed by atoms with Gasteiger partial charge < -0.3 is 4.74 Å². The van der Waals surface area contributed by atoms with Gasteiger partial charge in [0, 0.05) is 11.5 Å². The van der Waals surface area contributed by atoms with Crippen LogP contribution in [-0.4, -0.2) is 18.2 Å². The van der Waals surface area contributed by atoms with Crippen molar-refractivity contribution in [2.75, 3.05) is 0 Å². The molecule has 1 N–H and O–H groups in total. The van der Waals surface area contributed by atoms with E-state index < -0.39 is 0 Å². The highest BCUT2D eigenvalue weighted by atomic mass is 16.5. The molecule has 2 aromatic carbocycles. The quantitative estimate of drug-likeness (QED) is 0.606.